The van der Waals surface area contributed by atoms with Crippen LogP contribution in [0.1, 0.15) is 63.9 Å². The summed E-state index contributed by atoms with van der Waals surface area (Å²) in [6.45, 7) is 10.5. The molecule has 1 aliphatic rings. The van der Waals surface area contributed by atoms with Gasteiger partial charge in [0.15, 0.2) is 5.82 Å². The smallest absolute Gasteiger partial charge is 0.276 e. The summed E-state index contributed by atoms with van der Waals surface area (Å²) in [6.07, 6.45) is 5.04. The van der Waals surface area contributed by atoms with Crippen molar-refractivity contribution in [2.45, 2.75) is 71.4 Å². The van der Waals surface area contributed by atoms with Crippen molar-refractivity contribution in [3.8, 4) is 5.82 Å². The Hall–Kier alpha value is -3.45. The summed E-state index contributed by atoms with van der Waals surface area (Å²) in [5.41, 5.74) is 5.44. The number of benzene rings is 1. The van der Waals surface area contributed by atoms with Crippen LogP contribution in [0.25, 0.3) is 16.7 Å². The Morgan fingerprint density at radius 3 is 2.57 bits per heavy atom. The van der Waals surface area contributed by atoms with Crippen molar-refractivity contribution in [1.82, 2.24) is 24.2 Å². The molecule has 1 unspecified atom stereocenters. The van der Waals surface area contributed by atoms with Gasteiger partial charge in [0.1, 0.15) is 5.82 Å². The Morgan fingerprint density at radius 1 is 1.08 bits per heavy atom. The van der Waals surface area contributed by atoms with E-state index in [1.54, 1.807) is 10.9 Å². The first-order chi connectivity index (χ1) is 17.5. The third-order valence-corrected chi connectivity index (χ3v) is 7.38. The molecule has 0 spiro atoms. The van der Waals surface area contributed by atoms with E-state index in [4.69, 9.17) is 4.98 Å². The second-order valence-corrected chi connectivity index (χ2v) is 11.7. The molecular weight excluding hydrogens is 460 g/mol. The molecule has 5 rings (SSSR count). The summed E-state index contributed by atoms with van der Waals surface area (Å²) in [5.74, 6) is 1.43. The number of fused-ring (bicyclic) bond motifs is 2. The highest BCUT2D eigenvalue weighted by atomic mass is 16.1. The maximum absolute atomic E-state index is 13.4. The first-order valence-electron chi connectivity index (χ1n) is 13.2. The molecular formula is C30H38N6O. The van der Waals surface area contributed by atoms with Gasteiger partial charge in [-0.15, -0.1) is 0 Å². The lowest BCUT2D eigenvalue weighted by atomic mass is 9.87. The standard InChI is InChI=1S/C30H38N6O/c1-19(2)35-29(37)24-18-31-27(17-25(24)36(35)28-10-8-9-26(33-28)30(3,4)5)32-22-13-11-20-12-14-23(34(6)7)16-21(20)15-22/h8-11,13,15,17-19,23H,12,14,16H2,1-7H3,(H,31,32). The summed E-state index contributed by atoms with van der Waals surface area (Å²) in [4.78, 5) is 25.3. The van der Waals surface area contributed by atoms with Crippen molar-refractivity contribution in [3.05, 3.63) is 75.8 Å². The molecule has 3 heterocycles. The minimum atomic E-state index is -0.103. The monoisotopic (exact) mass is 498 g/mol. The van der Waals surface area contributed by atoms with Gasteiger partial charge in [-0.1, -0.05) is 32.9 Å². The first-order valence-corrected chi connectivity index (χ1v) is 13.2. The lowest BCUT2D eigenvalue weighted by Crippen LogP contribution is -2.33. The minimum absolute atomic E-state index is 0.0401. The van der Waals surface area contributed by atoms with E-state index in [1.807, 2.05) is 42.8 Å². The molecule has 0 fully saturated rings. The van der Waals surface area contributed by atoms with Crippen LogP contribution in [-0.2, 0) is 18.3 Å². The van der Waals surface area contributed by atoms with Gasteiger partial charge in [-0.3, -0.25) is 4.79 Å². The van der Waals surface area contributed by atoms with Gasteiger partial charge in [0, 0.05) is 41.1 Å². The van der Waals surface area contributed by atoms with Crippen molar-refractivity contribution in [2.24, 2.45) is 0 Å². The average Bonchev–Trinajstić information content (AvgIpc) is 3.15. The predicted octanol–water partition coefficient (Wildman–Crippen LogP) is 5.62. The highest BCUT2D eigenvalue weighted by Crippen LogP contribution is 2.29. The van der Waals surface area contributed by atoms with Gasteiger partial charge < -0.3 is 10.2 Å². The van der Waals surface area contributed by atoms with Crippen LogP contribution in [0.2, 0.25) is 0 Å². The fourth-order valence-electron chi connectivity index (χ4n) is 5.25. The van der Waals surface area contributed by atoms with Gasteiger partial charge in [-0.25, -0.2) is 19.3 Å². The molecule has 1 atom stereocenters. The predicted molar refractivity (Wildman–Crippen MR) is 151 cm³/mol. The lowest BCUT2D eigenvalue weighted by molar-refractivity contribution is 0.268. The van der Waals surface area contributed by atoms with Crippen LogP contribution in [0.3, 0.4) is 0 Å². The van der Waals surface area contributed by atoms with Gasteiger partial charge in [-0.05, 0) is 82.6 Å². The number of likely N-dealkylation sites (N-methyl/N-ethyl adjacent to an activating group) is 1. The van der Waals surface area contributed by atoms with Crippen LogP contribution >= 0.6 is 0 Å². The number of rotatable bonds is 5. The van der Waals surface area contributed by atoms with Crippen LogP contribution in [0.5, 0.6) is 0 Å². The zero-order chi connectivity index (χ0) is 26.5. The minimum Gasteiger partial charge on any atom is -0.340 e. The third kappa shape index (κ3) is 4.80. The Labute approximate surface area is 219 Å². The van der Waals surface area contributed by atoms with Crippen LogP contribution in [0.4, 0.5) is 11.5 Å². The van der Waals surface area contributed by atoms with Crippen molar-refractivity contribution < 1.29 is 0 Å². The van der Waals surface area contributed by atoms with Crippen LogP contribution < -0.4 is 10.9 Å². The zero-order valence-electron chi connectivity index (χ0n) is 23.0. The fourth-order valence-corrected chi connectivity index (χ4v) is 5.25. The molecule has 7 nitrogen and oxygen atoms in total. The highest BCUT2D eigenvalue weighted by Gasteiger charge is 2.22. The molecule has 0 saturated heterocycles. The molecule has 0 radical (unpaired) electrons. The SMILES string of the molecule is CC(C)n1c(=O)c2cnc(Nc3ccc4c(c3)CC(N(C)C)CC4)cc2n1-c1cccc(C(C)(C)C)n1. The van der Waals surface area contributed by atoms with Crippen molar-refractivity contribution in [2.75, 3.05) is 19.4 Å². The Balaban J connectivity index is 1.57. The molecule has 0 bridgehead atoms. The van der Waals surface area contributed by atoms with Gasteiger partial charge in [0.25, 0.3) is 5.56 Å². The van der Waals surface area contributed by atoms with Crippen LogP contribution in [0.15, 0.2) is 53.5 Å². The summed E-state index contributed by atoms with van der Waals surface area (Å²) in [5, 5.41) is 4.08. The number of anilines is 2. The molecule has 7 heteroatoms. The van der Waals surface area contributed by atoms with E-state index in [1.165, 1.54) is 17.5 Å². The molecule has 1 N–H and O–H groups in total. The fraction of sp³-hybridized carbons (Fsp3) is 0.433. The van der Waals surface area contributed by atoms with Gasteiger partial charge in [0.2, 0.25) is 0 Å². The summed E-state index contributed by atoms with van der Waals surface area (Å²) in [7, 11) is 4.32. The van der Waals surface area contributed by atoms with Crippen LogP contribution in [0, 0.1) is 0 Å². The number of nitrogens with zero attached hydrogens (tertiary/aromatic N) is 5. The Kier molecular flexibility index (Phi) is 6.44. The normalized spacial score (nSPS) is 16.0. The molecule has 0 amide bonds. The number of pyridine rings is 2. The Bertz CT molecular complexity index is 1510. The largest absolute Gasteiger partial charge is 0.340 e. The van der Waals surface area contributed by atoms with Crippen molar-refractivity contribution in [3.63, 3.8) is 0 Å². The number of aromatic nitrogens is 4. The van der Waals surface area contributed by atoms with E-state index in [0.29, 0.717) is 17.2 Å². The average molecular weight is 499 g/mol. The van der Waals surface area contributed by atoms with Gasteiger partial charge in [-0.2, -0.15) is 0 Å². The third-order valence-electron chi connectivity index (χ3n) is 7.38. The lowest BCUT2D eigenvalue weighted by Gasteiger charge is -2.30. The van der Waals surface area contributed by atoms with E-state index in [9.17, 15) is 4.79 Å². The zero-order valence-corrected chi connectivity index (χ0v) is 23.0. The van der Waals surface area contributed by atoms with E-state index in [0.717, 1.165) is 35.6 Å². The molecule has 1 aromatic carbocycles. The Morgan fingerprint density at radius 2 is 1.86 bits per heavy atom. The van der Waals surface area contributed by atoms with E-state index in [2.05, 4.69) is 68.3 Å². The molecule has 0 saturated carbocycles. The molecule has 37 heavy (non-hydrogen) atoms. The second-order valence-electron chi connectivity index (χ2n) is 11.7. The number of hydrogen-bond donors (Lipinski definition) is 1. The molecule has 0 aliphatic heterocycles. The van der Waals surface area contributed by atoms with E-state index < -0.39 is 0 Å². The maximum atomic E-state index is 13.4. The molecule has 4 aromatic rings. The van der Waals surface area contributed by atoms with E-state index in [-0.39, 0.29) is 17.0 Å². The molecule has 194 valence electrons. The summed E-state index contributed by atoms with van der Waals surface area (Å²) in [6, 6.07) is 15.1. The molecule has 3 aromatic heterocycles. The first kappa shape index (κ1) is 25.2. The number of nitrogens with one attached hydrogen (secondary N) is 1. The number of aryl methyl sites for hydroxylation is 1. The summed E-state index contributed by atoms with van der Waals surface area (Å²) >= 11 is 0. The summed E-state index contributed by atoms with van der Waals surface area (Å²) < 4.78 is 3.71. The highest BCUT2D eigenvalue weighted by molar-refractivity contribution is 5.82. The van der Waals surface area contributed by atoms with Crippen LogP contribution in [-0.4, -0.2) is 44.4 Å². The van der Waals surface area contributed by atoms with Crippen molar-refractivity contribution in [1.29, 1.82) is 0 Å². The van der Waals surface area contributed by atoms with Gasteiger partial charge in [0.05, 0.1) is 10.9 Å². The number of hydrogen-bond acceptors (Lipinski definition) is 5. The second kappa shape index (κ2) is 9.45. The van der Waals surface area contributed by atoms with Gasteiger partial charge >= 0.3 is 0 Å². The quantitative estimate of drug-likeness (QED) is 0.387. The van der Waals surface area contributed by atoms with E-state index >= 15 is 0 Å². The topological polar surface area (TPSA) is 68.0 Å². The maximum Gasteiger partial charge on any atom is 0.276 e. The molecule has 1 aliphatic carbocycles. The van der Waals surface area contributed by atoms with Crippen molar-refractivity contribution >= 4 is 22.4 Å².